The predicted molar refractivity (Wildman–Crippen MR) is 69.0 cm³/mol. The van der Waals surface area contributed by atoms with Gasteiger partial charge in [0.05, 0.1) is 6.54 Å². The standard InChI is InChI=1S/C13H26N2O2/c1-13(2,3)17-12(16)10-15(4)11-6-5-8-14-9-7-11/h11,14H,5-10H2,1-4H3. The SMILES string of the molecule is CN(CC(=O)OC(C)(C)C)C1CCCNCC1. The Morgan fingerprint density at radius 3 is 2.71 bits per heavy atom. The summed E-state index contributed by atoms with van der Waals surface area (Å²) in [6, 6.07) is 0.498. The molecule has 0 saturated carbocycles. The van der Waals surface area contributed by atoms with E-state index >= 15 is 0 Å². The molecule has 4 heteroatoms. The number of hydrogen-bond donors (Lipinski definition) is 1. The molecule has 1 aliphatic heterocycles. The Morgan fingerprint density at radius 2 is 2.06 bits per heavy atom. The average Bonchev–Trinajstić information content (AvgIpc) is 2.41. The van der Waals surface area contributed by atoms with E-state index in [-0.39, 0.29) is 11.6 Å². The van der Waals surface area contributed by atoms with Gasteiger partial charge in [0, 0.05) is 6.04 Å². The first-order valence-corrected chi connectivity index (χ1v) is 6.51. The molecule has 1 fully saturated rings. The Kier molecular flexibility index (Phi) is 5.40. The van der Waals surface area contributed by atoms with Gasteiger partial charge >= 0.3 is 5.97 Å². The van der Waals surface area contributed by atoms with Crippen LogP contribution in [0.3, 0.4) is 0 Å². The van der Waals surface area contributed by atoms with Gasteiger partial charge in [0.15, 0.2) is 0 Å². The molecule has 0 radical (unpaired) electrons. The fourth-order valence-electron chi connectivity index (χ4n) is 2.15. The summed E-state index contributed by atoms with van der Waals surface area (Å²) < 4.78 is 5.33. The lowest BCUT2D eigenvalue weighted by Gasteiger charge is -2.27. The highest BCUT2D eigenvalue weighted by atomic mass is 16.6. The Hall–Kier alpha value is -0.610. The molecule has 0 aromatic rings. The van der Waals surface area contributed by atoms with E-state index in [0.29, 0.717) is 12.6 Å². The fraction of sp³-hybridized carbons (Fsp3) is 0.923. The molecule has 0 aliphatic carbocycles. The van der Waals surface area contributed by atoms with Gasteiger partial charge in [0.1, 0.15) is 5.60 Å². The van der Waals surface area contributed by atoms with E-state index in [9.17, 15) is 4.79 Å². The van der Waals surface area contributed by atoms with E-state index in [2.05, 4.69) is 10.2 Å². The van der Waals surface area contributed by atoms with E-state index in [1.807, 2.05) is 27.8 Å². The maximum atomic E-state index is 11.7. The number of hydrogen-bond acceptors (Lipinski definition) is 4. The number of carbonyl (C=O) groups is 1. The van der Waals surface area contributed by atoms with Crippen molar-refractivity contribution in [2.45, 2.75) is 51.7 Å². The Morgan fingerprint density at radius 1 is 1.35 bits per heavy atom. The van der Waals surface area contributed by atoms with Gasteiger partial charge in [-0.1, -0.05) is 0 Å². The van der Waals surface area contributed by atoms with Crippen molar-refractivity contribution in [1.82, 2.24) is 10.2 Å². The van der Waals surface area contributed by atoms with Crippen LogP contribution >= 0.6 is 0 Å². The largest absolute Gasteiger partial charge is 0.459 e. The van der Waals surface area contributed by atoms with E-state index in [1.54, 1.807) is 0 Å². The number of esters is 1. The van der Waals surface area contributed by atoms with Crippen LogP contribution < -0.4 is 5.32 Å². The van der Waals surface area contributed by atoms with E-state index in [1.165, 1.54) is 6.42 Å². The molecule has 1 rings (SSSR count). The van der Waals surface area contributed by atoms with Crippen molar-refractivity contribution >= 4 is 5.97 Å². The van der Waals surface area contributed by atoms with Gasteiger partial charge in [-0.3, -0.25) is 9.69 Å². The normalized spacial score (nSPS) is 22.3. The number of carbonyl (C=O) groups excluding carboxylic acids is 1. The van der Waals surface area contributed by atoms with Crippen LogP contribution in [0.15, 0.2) is 0 Å². The molecule has 0 aromatic heterocycles. The lowest BCUT2D eigenvalue weighted by atomic mass is 10.1. The third-order valence-electron chi connectivity index (χ3n) is 2.97. The number of ether oxygens (including phenoxy) is 1. The van der Waals surface area contributed by atoms with Crippen molar-refractivity contribution in [3.05, 3.63) is 0 Å². The van der Waals surface area contributed by atoms with E-state index in [0.717, 1.165) is 25.9 Å². The minimum absolute atomic E-state index is 0.128. The molecule has 0 aromatic carbocycles. The van der Waals surface area contributed by atoms with Crippen LogP contribution in [0.2, 0.25) is 0 Å². The van der Waals surface area contributed by atoms with Crippen LogP contribution in [0.5, 0.6) is 0 Å². The predicted octanol–water partition coefficient (Wildman–Crippen LogP) is 1.40. The molecule has 100 valence electrons. The third kappa shape index (κ3) is 6.03. The van der Waals surface area contributed by atoms with Crippen LogP contribution in [-0.2, 0) is 9.53 Å². The molecule has 1 unspecified atom stereocenters. The maximum Gasteiger partial charge on any atom is 0.320 e. The third-order valence-corrected chi connectivity index (χ3v) is 2.97. The van der Waals surface area contributed by atoms with Crippen molar-refractivity contribution in [2.75, 3.05) is 26.7 Å². The lowest BCUT2D eigenvalue weighted by molar-refractivity contribution is -0.156. The first kappa shape index (κ1) is 14.5. The first-order valence-electron chi connectivity index (χ1n) is 6.51. The minimum Gasteiger partial charge on any atom is -0.459 e. The topological polar surface area (TPSA) is 41.6 Å². The van der Waals surface area contributed by atoms with Crippen LogP contribution in [-0.4, -0.2) is 49.2 Å². The van der Waals surface area contributed by atoms with Crippen molar-refractivity contribution in [1.29, 1.82) is 0 Å². The Balaban J connectivity index is 2.36. The number of rotatable bonds is 3. The minimum atomic E-state index is -0.386. The number of nitrogens with zero attached hydrogens (tertiary/aromatic N) is 1. The Bertz CT molecular complexity index is 240. The van der Waals surface area contributed by atoms with Gasteiger partial charge in [0.25, 0.3) is 0 Å². The fourth-order valence-corrected chi connectivity index (χ4v) is 2.15. The summed E-state index contributed by atoms with van der Waals surface area (Å²) in [5.74, 6) is -0.128. The van der Waals surface area contributed by atoms with Gasteiger partial charge in [-0.15, -0.1) is 0 Å². The summed E-state index contributed by atoms with van der Waals surface area (Å²) in [6.07, 6.45) is 3.45. The van der Waals surface area contributed by atoms with Crippen molar-refractivity contribution in [2.24, 2.45) is 0 Å². The van der Waals surface area contributed by atoms with Gasteiger partial charge in [0.2, 0.25) is 0 Å². The zero-order valence-corrected chi connectivity index (χ0v) is 11.6. The molecular formula is C13H26N2O2. The molecule has 1 heterocycles. The molecular weight excluding hydrogens is 216 g/mol. The van der Waals surface area contributed by atoms with Crippen LogP contribution in [0.4, 0.5) is 0 Å². The highest BCUT2D eigenvalue weighted by molar-refractivity contribution is 5.72. The zero-order valence-electron chi connectivity index (χ0n) is 11.6. The molecule has 0 bridgehead atoms. The van der Waals surface area contributed by atoms with Crippen molar-refractivity contribution in [3.8, 4) is 0 Å². The molecule has 17 heavy (non-hydrogen) atoms. The summed E-state index contributed by atoms with van der Waals surface area (Å²) >= 11 is 0. The molecule has 1 aliphatic rings. The smallest absolute Gasteiger partial charge is 0.320 e. The van der Waals surface area contributed by atoms with Gasteiger partial charge < -0.3 is 10.1 Å². The summed E-state index contributed by atoms with van der Waals surface area (Å²) in [6.45, 7) is 8.24. The summed E-state index contributed by atoms with van der Waals surface area (Å²) in [5.41, 5.74) is -0.386. The summed E-state index contributed by atoms with van der Waals surface area (Å²) in [7, 11) is 2.01. The van der Waals surface area contributed by atoms with Gasteiger partial charge in [-0.05, 0) is 60.2 Å². The molecule has 1 saturated heterocycles. The molecule has 4 nitrogen and oxygen atoms in total. The monoisotopic (exact) mass is 242 g/mol. The second-order valence-electron chi connectivity index (χ2n) is 5.84. The molecule has 0 spiro atoms. The molecule has 1 atom stereocenters. The van der Waals surface area contributed by atoms with Crippen LogP contribution in [0.25, 0.3) is 0 Å². The van der Waals surface area contributed by atoms with Crippen LogP contribution in [0.1, 0.15) is 40.0 Å². The van der Waals surface area contributed by atoms with Gasteiger partial charge in [-0.25, -0.2) is 0 Å². The summed E-state index contributed by atoms with van der Waals surface area (Å²) in [4.78, 5) is 13.8. The highest BCUT2D eigenvalue weighted by Gasteiger charge is 2.22. The van der Waals surface area contributed by atoms with Crippen LogP contribution in [0, 0.1) is 0 Å². The van der Waals surface area contributed by atoms with E-state index < -0.39 is 0 Å². The highest BCUT2D eigenvalue weighted by Crippen LogP contribution is 2.13. The number of likely N-dealkylation sites (N-methyl/N-ethyl adjacent to an activating group) is 1. The van der Waals surface area contributed by atoms with Gasteiger partial charge in [-0.2, -0.15) is 0 Å². The molecule has 0 amide bonds. The average molecular weight is 242 g/mol. The zero-order chi connectivity index (χ0) is 12.9. The summed E-state index contributed by atoms with van der Waals surface area (Å²) in [5, 5.41) is 3.38. The maximum absolute atomic E-state index is 11.7. The lowest BCUT2D eigenvalue weighted by Crippen LogP contribution is -2.39. The van der Waals surface area contributed by atoms with E-state index in [4.69, 9.17) is 4.74 Å². The molecule has 1 N–H and O–H groups in total. The quantitative estimate of drug-likeness (QED) is 0.760. The second kappa shape index (κ2) is 6.36. The number of nitrogens with one attached hydrogen (secondary N) is 1. The Labute approximate surface area is 105 Å². The van der Waals surface area contributed by atoms with Crippen molar-refractivity contribution in [3.63, 3.8) is 0 Å². The van der Waals surface area contributed by atoms with Crippen molar-refractivity contribution < 1.29 is 9.53 Å². The second-order valence-corrected chi connectivity index (χ2v) is 5.84. The first-order chi connectivity index (χ1) is 7.88.